The lowest BCUT2D eigenvalue weighted by Gasteiger charge is -2.34. The second kappa shape index (κ2) is 9.34. The van der Waals surface area contributed by atoms with E-state index in [2.05, 4.69) is 24.3 Å². The van der Waals surface area contributed by atoms with E-state index in [4.69, 9.17) is 4.74 Å². The van der Waals surface area contributed by atoms with Crippen molar-refractivity contribution in [2.45, 2.75) is 39.2 Å². The summed E-state index contributed by atoms with van der Waals surface area (Å²) in [4.78, 5) is 38.3. The van der Waals surface area contributed by atoms with Gasteiger partial charge >= 0.3 is 5.97 Å². The molecule has 1 saturated carbocycles. The maximum atomic E-state index is 12.9. The topological polar surface area (TPSA) is 90.3 Å². The molecule has 0 radical (unpaired) electrons. The number of hydrogen-bond donors (Lipinski definition) is 1. The summed E-state index contributed by atoms with van der Waals surface area (Å²) in [5.41, 5.74) is 0.202. The van der Waals surface area contributed by atoms with Gasteiger partial charge in [-0.25, -0.2) is 4.79 Å². The smallest absolute Gasteiger partial charge is 0.359 e. The first-order valence-corrected chi connectivity index (χ1v) is 11.0. The fourth-order valence-electron chi connectivity index (χ4n) is 4.32. The Bertz CT molecular complexity index is 1190. The quantitative estimate of drug-likeness (QED) is 0.622. The molecule has 166 valence electrons. The van der Waals surface area contributed by atoms with Crippen molar-refractivity contribution < 1.29 is 14.3 Å². The highest BCUT2D eigenvalue weighted by Crippen LogP contribution is 2.29. The van der Waals surface area contributed by atoms with Gasteiger partial charge in [-0.1, -0.05) is 63.1 Å². The second-order valence-corrected chi connectivity index (χ2v) is 8.46. The maximum absolute atomic E-state index is 12.9. The van der Waals surface area contributed by atoms with E-state index in [0.29, 0.717) is 28.3 Å². The molecule has 0 aliphatic heterocycles. The van der Waals surface area contributed by atoms with Crippen molar-refractivity contribution in [2.75, 3.05) is 6.61 Å². The molecule has 1 aromatic heterocycles. The van der Waals surface area contributed by atoms with Crippen molar-refractivity contribution in [3.05, 3.63) is 70.6 Å². The van der Waals surface area contributed by atoms with Crippen LogP contribution >= 0.6 is 0 Å². The zero-order valence-electron chi connectivity index (χ0n) is 18.3. The molecule has 3 atom stereocenters. The van der Waals surface area contributed by atoms with Crippen LogP contribution in [0.5, 0.6) is 0 Å². The van der Waals surface area contributed by atoms with Crippen molar-refractivity contribution in [1.29, 1.82) is 0 Å². The fourth-order valence-corrected chi connectivity index (χ4v) is 4.32. The molecule has 1 amide bonds. The van der Waals surface area contributed by atoms with Crippen molar-refractivity contribution in [3.8, 4) is 5.69 Å². The standard InChI is InChI=1S/C25H27N3O4/c1-16-9-8-14-21(17(16)2)26-22(29)15-32-25(31)23-19-12-6-7-13-20(19)24(30)28(27-23)18-10-4-3-5-11-18/h3-7,10-13,16-17,21H,8-9,14-15H2,1-2H3,(H,26,29)/t16-,17-,21-/m1/s1. The van der Waals surface area contributed by atoms with Crippen LogP contribution in [-0.2, 0) is 9.53 Å². The van der Waals surface area contributed by atoms with Gasteiger partial charge in [0, 0.05) is 11.4 Å². The number of carbonyl (C=O) groups excluding carboxylic acids is 2. The number of nitrogens with zero attached hydrogens (tertiary/aromatic N) is 2. The predicted octanol–water partition coefficient (Wildman–Crippen LogP) is 3.48. The number of aromatic nitrogens is 2. The van der Waals surface area contributed by atoms with E-state index in [0.717, 1.165) is 12.8 Å². The van der Waals surface area contributed by atoms with Gasteiger partial charge in [-0.05, 0) is 36.5 Å². The first-order chi connectivity index (χ1) is 15.5. The average molecular weight is 434 g/mol. The number of rotatable bonds is 5. The molecule has 1 aliphatic rings. The van der Waals surface area contributed by atoms with Crippen LogP contribution in [0.1, 0.15) is 43.6 Å². The van der Waals surface area contributed by atoms with Crippen LogP contribution in [0.4, 0.5) is 0 Å². The Hall–Kier alpha value is -3.48. The highest BCUT2D eigenvalue weighted by molar-refractivity contribution is 6.02. The first-order valence-electron chi connectivity index (χ1n) is 11.0. The minimum atomic E-state index is -0.744. The Morgan fingerprint density at radius 2 is 1.72 bits per heavy atom. The molecule has 1 fully saturated rings. The zero-order valence-corrected chi connectivity index (χ0v) is 18.3. The summed E-state index contributed by atoms with van der Waals surface area (Å²) in [6.45, 7) is 3.95. The molecule has 0 spiro atoms. The van der Waals surface area contributed by atoms with Gasteiger partial charge in [0.1, 0.15) is 0 Å². The number of hydrogen-bond acceptors (Lipinski definition) is 5. The van der Waals surface area contributed by atoms with E-state index in [9.17, 15) is 14.4 Å². The monoisotopic (exact) mass is 433 g/mol. The SMILES string of the molecule is C[C@@H]1[C@H](C)CCC[C@H]1NC(=O)COC(=O)c1nn(-c2ccccc2)c(=O)c2ccccc12. The molecule has 7 nitrogen and oxygen atoms in total. The van der Waals surface area contributed by atoms with Crippen LogP contribution in [-0.4, -0.2) is 34.3 Å². The summed E-state index contributed by atoms with van der Waals surface area (Å²) in [7, 11) is 0. The molecule has 0 saturated heterocycles. The van der Waals surface area contributed by atoms with Gasteiger partial charge in [0.05, 0.1) is 11.1 Å². The normalized spacial score (nSPS) is 20.6. The highest BCUT2D eigenvalue weighted by Gasteiger charge is 2.28. The number of nitrogens with one attached hydrogen (secondary N) is 1. The number of para-hydroxylation sites is 1. The van der Waals surface area contributed by atoms with Gasteiger partial charge in [0.15, 0.2) is 12.3 Å². The predicted molar refractivity (Wildman–Crippen MR) is 122 cm³/mol. The molecular weight excluding hydrogens is 406 g/mol. The Labute approximate surface area is 186 Å². The molecule has 0 unspecified atom stereocenters. The summed E-state index contributed by atoms with van der Waals surface area (Å²) >= 11 is 0. The van der Waals surface area contributed by atoms with E-state index in [-0.39, 0.29) is 23.2 Å². The Balaban J connectivity index is 1.55. The molecule has 3 aromatic rings. The molecule has 7 heteroatoms. The third-order valence-corrected chi connectivity index (χ3v) is 6.39. The van der Waals surface area contributed by atoms with Gasteiger partial charge in [0.25, 0.3) is 11.5 Å². The van der Waals surface area contributed by atoms with Crippen LogP contribution in [0.25, 0.3) is 16.5 Å². The van der Waals surface area contributed by atoms with Crippen LogP contribution in [0.15, 0.2) is 59.4 Å². The maximum Gasteiger partial charge on any atom is 0.359 e. The average Bonchev–Trinajstić information content (AvgIpc) is 2.81. The summed E-state index contributed by atoms with van der Waals surface area (Å²) in [5.74, 6) is -0.147. The first kappa shape index (κ1) is 21.7. The Morgan fingerprint density at radius 1 is 1.03 bits per heavy atom. The molecule has 32 heavy (non-hydrogen) atoms. The van der Waals surface area contributed by atoms with Crippen LogP contribution < -0.4 is 10.9 Å². The molecule has 1 aliphatic carbocycles. The van der Waals surface area contributed by atoms with E-state index in [1.165, 1.54) is 11.1 Å². The van der Waals surface area contributed by atoms with E-state index in [1.807, 2.05) is 6.07 Å². The minimum Gasteiger partial charge on any atom is -0.451 e. The largest absolute Gasteiger partial charge is 0.451 e. The van der Waals surface area contributed by atoms with Crippen molar-refractivity contribution in [3.63, 3.8) is 0 Å². The van der Waals surface area contributed by atoms with Gasteiger partial charge in [0.2, 0.25) is 0 Å². The summed E-state index contributed by atoms with van der Waals surface area (Å²) in [5, 5.41) is 8.03. The minimum absolute atomic E-state index is 0.00323. The van der Waals surface area contributed by atoms with Gasteiger partial charge in [-0.3, -0.25) is 9.59 Å². The second-order valence-electron chi connectivity index (χ2n) is 8.46. The molecule has 2 aromatic carbocycles. The van der Waals surface area contributed by atoms with Gasteiger partial charge in [-0.2, -0.15) is 9.78 Å². The highest BCUT2D eigenvalue weighted by atomic mass is 16.5. The van der Waals surface area contributed by atoms with E-state index < -0.39 is 12.6 Å². The Morgan fingerprint density at radius 3 is 2.47 bits per heavy atom. The number of carbonyl (C=O) groups is 2. The lowest BCUT2D eigenvalue weighted by molar-refractivity contribution is -0.125. The number of ether oxygens (including phenoxy) is 1. The van der Waals surface area contributed by atoms with Crippen molar-refractivity contribution in [2.24, 2.45) is 11.8 Å². The molecule has 4 rings (SSSR count). The lowest BCUT2D eigenvalue weighted by Crippen LogP contribution is -2.45. The zero-order chi connectivity index (χ0) is 22.7. The number of benzene rings is 2. The number of amides is 1. The summed E-state index contributed by atoms with van der Waals surface area (Å²) in [6, 6.07) is 15.7. The van der Waals surface area contributed by atoms with Gasteiger partial charge < -0.3 is 10.1 Å². The Kier molecular flexibility index (Phi) is 6.35. The van der Waals surface area contributed by atoms with E-state index in [1.54, 1.807) is 48.5 Å². The summed E-state index contributed by atoms with van der Waals surface area (Å²) in [6.07, 6.45) is 3.17. The van der Waals surface area contributed by atoms with Crippen LogP contribution in [0.2, 0.25) is 0 Å². The molecule has 0 bridgehead atoms. The van der Waals surface area contributed by atoms with Gasteiger partial charge in [-0.15, -0.1) is 0 Å². The number of esters is 1. The number of fused-ring (bicyclic) bond motifs is 1. The van der Waals surface area contributed by atoms with Crippen molar-refractivity contribution in [1.82, 2.24) is 15.1 Å². The summed E-state index contributed by atoms with van der Waals surface area (Å²) < 4.78 is 6.49. The lowest BCUT2D eigenvalue weighted by atomic mass is 9.78. The molecule has 1 heterocycles. The van der Waals surface area contributed by atoms with Crippen LogP contribution in [0, 0.1) is 11.8 Å². The third-order valence-electron chi connectivity index (χ3n) is 6.39. The van der Waals surface area contributed by atoms with Crippen molar-refractivity contribution >= 4 is 22.6 Å². The molecular formula is C25H27N3O4. The fraction of sp³-hybridized carbons (Fsp3) is 0.360. The van der Waals surface area contributed by atoms with E-state index >= 15 is 0 Å². The third kappa shape index (κ3) is 4.42. The molecule has 1 N–H and O–H groups in total. The van der Waals surface area contributed by atoms with Crippen LogP contribution in [0.3, 0.4) is 0 Å².